The summed E-state index contributed by atoms with van der Waals surface area (Å²) in [5.41, 5.74) is 9.11. The molecule has 0 aliphatic carbocycles. The van der Waals surface area contributed by atoms with Crippen LogP contribution in [0.15, 0.2) is 36.4 Å². The van der Waals surface area contributed by atoms with Crippen LogP contribution >= 0.6 is 0 Å². The lowest BCUT2D eigenvalue weighted by Crippen LogP contribution is -2.88. The van der Waals surface area contributed by atoms with Gasteiger partial charge in [0.05, 0.1) is 0 Å². The van der Waals surface area contributed by atoms with E-state index in [0.29, 0.717) is 0 Å². The monoisotopic (exact) mass is 532 g/mol. The fourth-order valence-electron chi connectivity index (χ4n) is 6.37. The summed E-state index contributed by atoms with van der Waals surface area (Å²) in [7, 11) is -2.14. The second-order valence-electron chi connectivity index (χ2n) is 17.4. The molecule has 0 unspecified atom stereocenters. The van der Waals surface area contributed by atoms with Gasteiger partial charge in [0.15, 0.2) is 0 Å². The van der Waals surface area contributed by atoms with Gasteiger partial charge in [0.1, 0.15) is 0 Å². The maximum Gasteiger partial charge on any atom is 0.366 e. The summed E-state index contributed by atoms with van der Waals surface area (Å²) in [6, 6.07) is 14.1. The number of rotatable bonds is 2. The molecule has 4 heteroatoms. The number of nitrogens with zero attached hydrogens (tertiary/aromatic N) is 2. The van der Waals surface area contributed by atoms with Crippen molar-refractivity contribution in [3.8, 4) is 0 Å². The smallest absolute Gasteiger partial charge is 0.366 e. The highest BCUT2D eigenvalue weighted by atomic mass is 28.3. The maximum absolute atomic E-state index is 2.92. The van der Waals surface area contributed by atoms with Crippen LogP contribution in [-0.4, -0.2) is 15.4 Å². The average Bonchev–Trinajstić information content (AvgIpc) is 2.68. The normalized spacial score (nSPS) is 17.1. The summed E-state index contributed by atoms with van der Waals surface area (Å²) in [4.78, 5) is 0. The molecule has 0 saturated carbocycles. The second kappa shape index (κ2) is 9.18. The molecule has 0 spiro atoms. The third kappa shape index (κ3) is 5.36. The Kier molecular flexibility index (Phi) is 7.46. The summed E-state index contributed by atoms with van der Waals surface area (Å²) in [5.74, 6) is 0. The van der Waals surface area contributed by atoms with Crippen LogP contribution in [0.1, 0.15) is 126 Å². The van der Waals surface area contributed by atoms with E-state index in [1.54, 1.807) is 0 Å². The van der Waals surface area contributed by atoms with Crippen LogP contribution in [0.3, 0.4) is 0 Å². The number of anilines is 2. The summed E-state index contributed by atoms with van der Waals surface area (Å²) in [5, 5.41) is 0.0584. The van der Waals surface area contributed by atoms with Gasteiger partial charge in [-0.05, 0) is 62.3 Å². The molecular formula is C34H57BN2Si. The molecule has 1 aliphatic rings. The average molecular weight is 533 g/mol. The van der Waals surface area contributed by atoms with Crippen molar-refractivity contribution < 1.29 is 0 Å². The van der Waals surface area contributed by atoms with E-state index in [1.807, 2.05) is 0 Å². The van der Waals surface area contributed by atoms with Crippen molar-refractivity contribution in [2.45, 2.75) is 144 Å². The van der Waals surface area contributed by atoms with E-state index in [-0.39, 0.29) is 34.0 Å². The highest BCUT2D eigenvalue weighted by Gasteiger charge is 2.64. The van der Waals surface area contributed by atoms with E-state index in [0.717, 1.165) is 0 Å². The Bertz CT molecular complexity index is 1030. The molecule has 1 saturated heterocycles. The molecule has 210 valence electrons. The zero-order valence-corrected chi connectivity index (χ0v) is 28.9. The van der Waals surface area contributed by atoms with Crippen molar-refractivity contribution in [2.24, 2.45) is 0 Å². The first-order valence-corrected chi connectivity index (χ1v) is 17.6. The van der Waals surface area contributed by atoms with E-state index in [9.17, 15) is 0 Å². The molecule has 38 heavy (non-hydrogen) atoms. The number of hydrogen-bond acceptors (Lipinski definition) is 2. The molecule has 2 aromatic rings. The Morgan fingerprint density at radius 3 is 0.895 bits per heavy atom. The Morgan fingerprint density at radius 1 is 0.474 bits per heavy atom. The first kappa shape index (κ1) is 30.9. The molecule has 1 fully saturated rings. The molecule has 2 aromatic carbocycles. The molecule has 2 nitrogen and oxygen atoms in total. The van der Waals surface area contributed by atoms with Crippen LogP contribution < -0.4 is 8.95 Å². The van der Waals surface area contributed by atoms with Gasteiger partial charge in [-0.25, -0.2) is 0 Å². The van der Waals surface area contributed by atoms with Crippen LogP contribution in [0, 0.1) is 0 Å². The summed E-state index contributed by atoms with van der Waals surface area (Å²) < 4.78 is 5.83. The maximum atomic E-state index is 2.92. The van der Waals surface area contributed by atoms with Crippen molar-refractivity contribution in [3.05, 3.63) is 58.7 Å². The topological polar surface area (TPSA) is 6.48 Å². The number of hydrogen-bond donors (Lipinski definition) is 0. The minimum Gasteiger partial charge on any atom is -0.408 e. The molecule has 0 N–H and O–H groups in total. The van der Waals surface area contributed by atoms with Crippen LogP contribution in [-0.2, 0) is 21.7 Å². The zero-order chi connectivity index (χ0) is 29.4. The minimum atomic E-state index is -2.14. The van der Waals surface area contributed by atoms with Gasteiger partial charge in [-0.2, -0.15) is 0 Å². The van der Waals surface area contributed by atoms with Crippen LogP contribution in [0.2, 0.25) is 18.4 Å². The lowest BCUT2D eigenvalue weighted by molar-refractivity contribution is 0.567. The highest BCUT2D eigenvalue weighted by molar-refractivity contribution is 7.14. The Labute approximate surface area is 237 Å². The standard InChI is InChI=1S/C34H57BN2Si/c1-30(2,3)24-20-18-21-25(31(4,5)6)28(24)36-35(34(13,14)15)37(38(36,16)17)29-26(32(7,8)9)22-19-23-27(29)33(10,11)12/h18-23H,1-17H3. The second-order valence-corrected chi connectivity index (χ2v) is 21.3. The third-order valence-corrected chi connectivity index (χ3v) is 11.5. The van der Waals surface area contributed by atoms with E-state index in [1.165, 1.54) is 33.6 Å². The van der Waals surface area contributed by atoms with Crippen LogP contribution in [0.5, 0.6) is 0 Å². The van der Waals surface area contributed by atoms with Crippen LogP contribution in [0.4, 0.5) is 11.4 Å². The molecule has 0 amide bonds. The molecule has 0 aromatic heterocycles. The lowest BCUT2D eigenvalue weighted by Gasteiger charge is -2.68. The Morgan fingerprint density at radius 2 is 0.711 bits per heavy atom. The van der Waals surface area contributed by atoms with Gasteiger partial charge in [0, 0.05) is 11.4 Å². The molecule has 1 aliphatic heterocycles. The third-order valence-electron chi connectivity index (χ3n) is 8.23. The van der Waals surface area contributed by atoms with Crippen molar-refractivity contribution >= 4 is 26.8 Å². The van der Waals surface area contributed by atoms with Crippen LogP contribution in [0.25, 0.3) is 0 Å². The van der Waals surface area contributed by atoms with Gasteiger partial charge in [0.25, 0.3) is 0 Å². The molecule has 3 rings (SSSR count). The van der Waals surface area contributed by atoms with Crippen molar-refractivity contribution in [1.82, 2.24) is 0 Å². The van der Waals surface area contributed by atoms with Gasteiger partial charge < -0.3 is 8.95 Å². The van der Waals surface area contributed by atoms with Crippen molar-refractivity contribution in [1.29, 1.82) is 0 Å². The Balaban J connectivity index is 2.45. The lowest BCUT2D eigenvalue weighted by atomic mass is 9.51. The van der Waals surface area contributed by atoms with E-state index in [2.05, 4.69) is 162 Å². The van der Waals surface area contributed by atoms with Gasteiger partial charge in [0.2, 0.25) is 8.40 Å². The van der Waals surface area contributed by atoms with Crippen molar-refractivity contribution in [2.75, 3.05) is 8.95 Å². The van der Waals surface area contributed by atoms with Gasteiger partial charge in [-0.1, -0.05) is 140 Å². The summed E-state index contributed by atoms with van der Waals surface area (Å²) >= 11 is 0. The fraction of sp³-hybridized carbons (Fsp3) is 0.647. The molecule has 0 bridgehead atoms. The minimum absolute atomic E-state index is 0.0584. The van der Waals surface area contributed by atoms with E-state index >= 15 is 0 Å². The molecule has 0 radical (unpaired) electrons. The van der Waals surface area contributed by atoms with Gasteiger partial charge in [-0.3, -0.25) is 0 Å². The van der Waals surface area contributed by atoms with Gasteiger partial charge in [-0.15, -0.1) is 0 Å². The molecule has 0 atom stereocenters. The van der Waals surface area contributed by atoms with Gasteiger partial charge >= 0.3 is 6.98 Å². The number of benzene rings is 2. The largest absolute Gasteiger partial charge is 0.408 e. The molecule has 1 heterocycles. The summed E-state index contributed by atoms with van der Waals surface area (Å²) in [6.07, 6.45) is 0. The highest BCUT2D eigenvalue weighted by Crippen LogP contribution is 2.55. The fourth-order valence-corrected chi connectivity index (χ4v) is 10.2. The first-order chi connectivity index (χ1) is 16.8. The predicted molar refractivity (Wildman–Crippen MR) is 176 cm³/mol. The summed E-state index contributed by atoms with van der Waals surface area (Å²) in [6.45, 7) is 41.3. The van der Waals surface area contributed by atoms with E-state index < -0.39 is 8.40 Å². The Hall–Kier alpha value is -1.68. The SMILES string of the molecule is CC(C)(C)B1N(c2c(C(C)(C)C)cccc2C(C)(C)C)[Si](C)(C)N1c1c(C(C)(C)C)cccc1C(C)(C)C. The van der Waals surface area contributed by atoms with Crippen molar-refractivity contribution in [3.63, 3.8) is 0 Å². The predicted octanol–water partition coefficient (Wildman–Crippen LogP) is 10.2. The zero-order valence-electron chi connectivity index (χ0n) is 27.9. The first-order valence-electron chi connectivity index (χ1n) is 14.7. The van der Waals surface area contributed by atoms with E-state index in [4.69, 9.17) is 0 Å². The quantitative estimate of drug-likeness (QED) is 0.355. The number of para-hydroxylation sites is 2. The molecular weight excluding hydrogens is 475 g/mol.